The molecule has 1 amide bonds. The van der Waals surface area contributed by atoms with Crippen LogP contribution in [0.5, 0.6) is 0 Å². The molecule has 0 saturated heterocycles. The summed E-state index contributed by atoms with van der Waals surface area (Å²) in [6.07, 6.45) is 0.888. The van der Waals surface area contributed by atoms with Gasteiger partial charge in [-0.1, -0.05) is 28.9 Å². The van der Waals surface area contributed by atoms with Gasteiger partial charge in [0.15, 0.2) is 0 Å². The number of alkyl halides is 1. The highest BCUT2D eigenvalue weighted by atomic mass is 79.9. The Balaban J connectivity index is 2.76. The Morgan fingerprint density at radius 3 is 2.72 bits per heavy atom. The second-order valence-corrected chi connectivity index (χ2v) is 5.14. The Kier molecular flexibility index (Phi) is 5.72. The summed E-state index contributed by atoms with van der Waals surface area (Å²) in [5.41, 5.74) is -0.240. The standard InChI is InChI=1S/C13H16BrF2NO/c1-8(5-6-14)7-17-13(18)11-10(15)4-3-9(2)12(11)16/h3-4,8H,5-7H2,1-2H3,(H,17,18). The molecule has 2 nitrogen and oxygen atoms in total. The van der Waals surface area contributed by atoms with Crippen LogP contribution in [0.3, 0.4) is 0 Å². The van der Waals surface area contributed by atoms with Gasteiger partial charge in [-0.25, -0.2) is 8.78 Å². The minimum atomic E-state index is -0.830. The third kappa shape index (κ3) is 3.77. The van der Waals surface area contributed by atoms with Crippen molar-refractivity contribution in [1.29, 1.82) is 0 Å². The highest BCUT2D eigenvalue weighted by molar-refractivity contribution is 9.09. The van der Waals surface area contributed by atoms with Crippen LogP contribution >= 0.6 is 15.9 Å². The maximum atomic E-state index is 13.7. The molecule has 1 atom stereocenters. The van der Waals surface area contributed by atoms with Crippen molar-refractivity contribution in [2.24, 2.45) is 5.92 Å². The van der Waals surface area contributed by atoms with Crippen molar-refractivity contribution >= 4 is 21.8 Å². The van der Waals surface area contributed by atoms with Crippen LogP contribution < -0.4 is 5.32 Å². The molecule has 0 aliphatic carbocycles. The summed E-state index contributed by atoms with van der Waals surface area (Å²) in [6.45, 7) is 3.86. The maximum absolute atomic E-state index is 13.7. The number of hydrogen-bond donors (Lipinski definition) is 1. The van der Waals surface area contributed by atoms with Gasteiger partial charge in [-0.2, -0.15) is 0 Å². The first kappa shape index (κ1) is 15.1. The third-order valence-corrected chi connectivity index (χ3v) is 3.18. The van der Waals surface area contributed by atoms with Crippen LogP contribution in [0.15, 0.2) is 12.1 Å². The van der Waals surface area contributed by atoms with Gasteiger partial charge >= 0.3 is 0 Å². The van der Waals surface area contributed by atoms with Gasteiger partial charge < -0.3 is 5.32 Å². The lowest BCUT2D eigenvalue weighted by Crippen LogP contribution is -2.30. The number of amides is 1. The van der Waals surface area contributed by atoms with Crippen LogP contribution in [-0.2, 0) is 0 Å². The van der Waals surface area contributed by atoms with Gasteiger partial charge in [0.2, 0.25) is 0 Å². The van der Waals surface area contributed by atoms with Crippen LogP contribution in [0.2, 0.25) is 0 Å². The van der Waals surface area contributed by atoms with Crippen LogP contribution in [0.25, 0.3) is 0 Å². The Morgan fingerprint density at radius 1 is 1.44 bits per heavy atom. The molecule has 1 unspecified atom stereocenters. The van der Waals surface area contributed by atoms with E-state index in [1.165, 1.54) is 13.0 Å². The number of carbonyl (C=O) groups excluding carboxylic acids is 1. The molecule has 0 heterocycles. The lowest BCUT2D eigenvalue weighted by Gasteiger charge is -2.12. The maximum Gasteiger partial charge on any atom is 0.257 e. The van der Waals surface area contributed by atoms with Crippen molar-refractivity contribution in [3.63, 3.8) is 0 Å². The molecule has 0 spiro atoms. The zero-order chi connectivity index (χ0) is 13.7. The minimum absolute atomic E-state index is 0.254. The summed E-state index contributed by atoms with van der Waals surface area (Å²) in [7, 11) is 0. The molecule has 0 aliphatic rings. The molecule has 5 heteroatoms. The molecule has 0 fully saturated rings. The molecule has 18 heavy (non-hydrogen) atoms. The van der Waals surface area contributed by atoms with Crippen molar-refractivity contribution < 1.29 is 13.6 Å². The van der Waals surface area contributed by atoms with Crippen LogP contribution in [0.1, 0.15) is 29.3 Å². The van der Waals surface area contributed by atoms with E-state index in [1.807, 2.05) is 6.92 Å². The fraction of sp³-hybridized carbons (Fsp3) is 0.462. The summed E-state index contributed by atoms with van der Waals surface area (Å²) in [5.74, 6) is -2.07. The predicted octanol–water partition coefficient (Wildman–Crippen LogP) is 3.42. The number of carbonyl (C=O) groups is 1. The molecule has 0 aromatic heterocycles. The van der Waals surface area contributed by atoms with E-state index < -0.39 is 23.1 Å². The summed E-state index contributed by atoms with van der Waals surface area (Å²) < 4.78 is 27.1. The zero-order valence-electron chi connectivity index (χ0n) is 10.4. The topological polar surface area (TPSA) is 29.1 Å². The van der Waals surface area contributed by atoms with Gasteiger partial charge in [-0.05, 0) is 30.9 Å². The number of benzene rings is 1. The van der Waals surface area contributed by atoms with Gasteiger partial charge in [0.05, 0.1) is 0 Å². The summed E-state index contributed by atoms with van der Waals surface area (Å²) in [5, 5.41) is 3.38. The first-order valence-electron chi connectivity index (χ1n) is 5.76. The fourth-order valence-corrected chi connectivity index (χ4v) is 2.29. The average Bonchev–Trinajstić information content (AvgIpc) is 2.32. The van der Waals surface area contributed by atoms with Crippen LogP contribution in [0, 0.1) is 24.5 Å². The van der Waals surface area contributed by atoms with Gasteiger partial charge in [-0.3, -0.25) is 4.79 Å². The lowest BCUT2D eigenvalue weighted by atomic mass is 10.1. The number of nitrogens with one attached hydrogen (secondary N) is 1. The molecule has 1 N–H and O–H groups in total. The van der Waals surface area contributed by atoms with Gasteiger partial charge in [0.1, 0.15) is 17.2 Å². The molecular weight excluding hydrogens is 304 g/mol. The third-order valence-electron chi connectivity index (χ3n) is 2.72. The number of rotatable bonds is 5. The normalized spacial score (nSPS) is 12.3. The van der Waals surface area contributed by atoms with E-state index in [9.17, 15) is 13.6 Å². The molecule has 0 bridgehead atoms. The zero-order valence-corrected chi connectivity index (χ0v) is 12.0. The predicted molar refractivity (Wildman–Crippen MR) is 71.0 cm³/mol. The van der Waals surface area contributed by atoms with Crippen molar-refractivity contribution in [2.45, 2.75) is 20.3 Å². The second-order valence-electron chi connectivity index (χ2n) is 4.35. The molecule has 0 saturated carbocycles. The smallest absolute Gasteiger partial charge is 0.257 e. The molecule has 1 rings (SSSR count). The molecule has 1 aromatic rings. The average molecular weight is 320 g/mol. The quantitative estimate of drug-likeness (QED) is 0.828. The lowest BCUT2D eigenvalue weighted by molar-refractivity contribution is 0.0939. The monoisotopic (exact) mass is 319 g/mol. The van der Waals surface area contributed by atoms with E-state index in [1.54, 1.807) is 0 Å². The van der Waals surface area contributed by atoms with Gasteiger partial charge in [0.25, 0.3) is 5.91 Å². The molecule has 100 valence electrons. The fourth-order valence-electron chi connectivity index (χ4n) is 1.51. The van der Waals surface area contributed by atoms with Crippen molar-refractivity contribution in [3.05, 3.63) is 34.9 Å². The van der Waals surface area contributed by atoms with Crippen molar-refractivity contribution in [3.8, 4) is 0 Å². The van der Waals surface area contributed by atoms with E-state index in [0.717, 1.165) is 17.8 Å². The Hall–Kier alpha value is -0.970. The molecular formula is C13H16BrF2NO. The molecule has 0 aliphatic heterocycles. The number of hydrogen-bond acceptors (Lipinski definition) is 1. The first-order valence-corrected chi connectivity index (χ1v) is 6.88. The van der Waals surface area contributed by atoms with Gasteiger partial charge in [-0.15, -0.1) is 0 Å². The highest BCUT2D eigenvalue weighted by Gasteiger charge is 2.19. The minimum Gasteiger partial charge on any atom is -0.352 e. The first-order chi connectivity index (χ1) is 8.47. The van der Waals surface area contributed by atoms with E-state index in [4.69, 9.17) is 0 Å². The van der Waals surface area contributed by atoms with Crippen molar-refractivity contribution in [1.82, 2.24) is 5.32 Å². The van der Waals surface area contributed by atoms with E-state index in [0.29, 0.717) is 6.54 Å². The van der Waals surface area contributed by atoms with E-state index in [-0.39, 0.29) is 11.5 Å². The Morgan fingerprint density at radius 2 is 2.11 bits per heavy atom. The van der Waals surface area contributed by atoms with Gasteiger partial charge in [0, 0.05) is 11.9 Å². The Bertz CT molecular complexity index is 437. The van der Waals surface area contributed by atoms with Crippen LogP contribution in [0.4, 0.5) is 8.78 Å². The summed E-state index contributed by atoms with van der Waals surface area (Å²) in [6, 6.07) is 2.42. The SMILES string of the molecule is Cc1ccc(F)c(C(=O)NCC(C)CCBr)c1F. The summed E-state index contributed by atoms with van der Waals surface area (Å²) in [4.78, 5) is 11.7. The summed E-state index contributed by atoms with van der Waals surface area (Å²) >= 11 is 3.30. The number of aryl methyl sites for hydroxylation is 1. The Labute approximate surface area is 114 Å². The number of halogens is 3. The van der Waals surface area contributed by atoms with E-state index in [2.05, 4.69) is 21.2 Å². The second kappa shape index (κ2) is 6.83. The van der Waals surface area contributed by atoms with E-state index >= 15 is 0 Å². The largest absolute Gasteiger partial charge is 0.352 e. The molecule has 0 radical (unpaired) electrons. The van der Waals surface area contributed by atoms with Crippen LogP contribution in [-0.4, -0.2) is 17.8 Å². The molecule has 1 aromatic carbocycles. The highest BCUT2D eigenvalue weighted by Crippen LogP contribution is 2.16. The van der Waals surface area contributed by atoms with Crippen molar-refractivity contribution in [2.75, 3.05) is 11.9 Å².